The molecule has 4 nitrogen and oxygen atoms in total. The van der Waals surface area contributed by atoms with Crippen LogP contribution in [0, 0.1) is 0 Å². The maximum absolute atomic E-state index is 6.07. The Morgan fingerprint density at radius 1 is 1.20 bits per heavy atom. The minimum atomic E-state index is 0.377. The summed E-state index contributed by atoms with van der Waals surface area (Å²) in [5.41, 5.74) is 2.79. The lowest BCUT2D eigenvalue weighted by Crippen LogP contribution is -2.03. The molecule has 3 rings (SSSR count). The van der Waals surface area contributed by atoms with E-state index in [0.29, 0.717) is 16.9 Å². The second-order valence-electron chi connectivity index (χ2n) is 4.84. The van der Waals surface area contributed by atoms with Crippen LogP contribution in [0.4, 0.5) is 5.95 Å². The molecule has 0 spiro atoms. The van der Waals surface area contributed by atoms with Gasteiger partial charge >= 0.3 is 0 Å². The van der Waals surface area contributed by atoms with Crippen molar-refractivity contribution in [3.05, 3.63) is 40.5 Å². The molecule has 1 aliphatic carbocycles. The van der Waals surface area contributed by atoms with Gasteiger partial charge in [0.25, 0.3) is 0 Å². The van der Waals surface area contributed by atoms with Gasteiger partial charge in [0.05, 0.1) is 6.20 Å². The molecule has 20 heavy (non-hydrogen) atoms. The molecule has 0 radical (unpaired) electrons. The summed E-state index contributed by atoms with van der Waals surface area (Å²) in [5, 5.41) is 3.27. The summed E-state index contributed by atoms with van der Waals surface area (Å²) in [7, 11) is 1.76. The van der Waals surface area contributed by atoms with E-state index >= 15 is 0 Å². The first-order valence-corrected chi connectivity index (χ1v) is 7.14. The van der Waals surface area contributed by atoms with Gasteiger partial charge in [0.2, 0.25) is 11.8 Å². The van der Waals surface area contributed by atoms with E-state index in [9.17, 15) is 0 Å². The van der Waals surface area contributed by atoms with Crippen molar-refractivity contribution in [2.24, 2.45) is 0 Å². The van der Waals surface area contributed by atoms with Crippen LogP contribution in [-0.2, 0) is 12.8 Å². The number of aryl methyl sites for hydroxylation is 2. The van der Waals surface area contributed by atoms with Gasteiger partial charge < -0.3 is 10.1 Å². The first kappa shape index (κ1) is 13.2. The summed E-state index contributed by atoms with van der Waals surface area (Å²) in [6.07, 6.45) is 6.33. The van der Waals surface area contributed by atoms with Crippen LogP contribution in [0.1, 0.15) is 24.0 Å². The summed E-state index contributed by atoms with van der Waals surface area (Å²) in [6, 6.07) is 6.20. The van der Waals surface area contributed by atoms with Gasteiger partial charge in [-0.2, -0.15) is 4.98 Å². The minimum absolute atomic E-state index is 0.377. The molecule has 0 bridgehead atoms. The van der Waals surface area contributed by atoms with Crippen molar-refractivity contribution in [2.45, 2.75) is 25.7 Å². The average Bonchev–Trinajstić information content (AvgIpc) is 2.49. The van der Waals surface area contributed by atoms with Gasteiger partial charge in [0.15, 0.2) is 0 Å². The van der Waals surface area contributed by atoms with E-state index in [4.69, 9.17) is 16.3 Å². The third-order valence-corrected chi connectivity index (χ3v) is 3.73. The van der Waals surface area contributed by atoms with E-state index in [1.54, 1.807) is 7.05 Å². The molecule has 0 atom stereocenters. The molecule has 1 aromatic carbocycles. The first-order valence-electron chi connectivity index (χ1n) is 6.76. The fraction of sp³-hybridized carbons (Fsp3) is 0.333. The Hall–Kier alpha value is -1.81. The second kappa shape index (κ2) is 5.67. The molecule has 1 N–H and O–H groups in total. The zero-order chi connectivity index (χ0) is 13.9. The number of nitrogens with one attached hydrogen (secondary N) is 1. The maximum atomic E-state index is 6.07. The molecule has 1 aliphatic rings. The Morgan fingerprint density at radius 2 is 2.00 bits per heavy atom. The number of rotatable bonds is 3. The number of ether oxygens (including phenoxy) is 1. The fourth-order valence-corrected chi connectivity index (χ4v) is 2.56. The van der Waals surface area contributed by atoms with Gasteiger partial charge in [0, 0.05) is 7.05 Å². The highest BCUT2D eigenvalue weighted by Crippen LogP contribution is 2.30. The number of halogens is 1. The van der Waals surface area contributed by atoms with Gasteiger partial charge in [-0.25, -0.2) is 4.98 Å². The molecule has 0 saturated heterocycles. The third kappa shape index (κ3) is 2.70. The number of benzene rings is 1. The monoisotopic (exact) mass is 289 g/mol. The molecule has 0 unspecified atom stereocenters. The Labute approximate surface area is 123 Å². The lowest BCUT2D eigenvalue weighted by molar-refractivity contribution is 0.461. The van der Waals surface area contributed by atoms with Crippen LogP contribution >= 0.6 is 11.6 Å². The average molecular weight is 290 g/mol. The summed E-state index contributed by atoms with van der Waals surface area (Å²) in [6.45, 7) is 0. The van der Waals surface area contributed by atoms with Gasteiger partial charge in [-0.1, -0.05) is 17.7 Å². The van der Waals surface area contributed by atoms with E-state index in [1.807, 2.05) is 6.07 Å². The van der Waals surface area contributed by atoms with Gasteiger partial charge in [0.1, 0.15) is 10.8 Å². The molecule has 5 heteroatoms. The molecule has 0 aliphatic heterocycles. The lowest BCUT2D eigenvalue weighted by Gasteiger charge is -2.16. The SMILES string of the molecule is CNc1ncc(Cl)c(Oc2ccc3c(c2)CCCC3)n1. The van der Waals surface area contributed by atoms with E-state index in [0.717, 1.165) is 18.6 Å². The van der Waals surface area contributed by atoms with Gasteiger partial charge in [-0.3, -0.25) is 0 Å². The van der Waals surface area contributed by atoms with Crippen LogP contribution in [0.2, 0.25) is 5.02 Å². The number of hydrogen-bond donors (Lipinski definition) is 1. The Kier molecular flexibility index (Phi) is 3.74. The molecule has 0 fully saturated rings. The van der Waals surface area contributed by atoms with Crippen molar-refractivity contribution in [1.29, 1.82) is 0 Å². The van der Waals surface area contributed by atoms with Crippen LogP contribution in [0.3, 0.4) is 0 Å². The first-order chi connectivity index (χ1) is 9.76. The number of anilines is 1. The number of nitrogens with zero attached hydrogens (tertiary/aromatic N) is 2. The van der Waals surface area contributed by atoms with Crippen LogP contribution in [-0.4, -0.2) is 17.0 Å². The quantitative estimate of drug-likeness (QED) is 0.932. The van der Waals surface area contributed by atoms with Crippen LogP contribution < -0.4 is 10.1 Å². The largest absolute Gasteiger partial charge is 0.437 e. The standard InChI is InChI=1S/C15H16ClN3O/c1-17-15-18-9-13(16)14(19-15)20-12-7-6-10-4-2-3-5-11(10)8-12/h6-9H,2-5H2,1H3,(H,17,18,19). The lowest BCUT2D eigenvalue weighted by atomic mass is 9.92. The zero-order valence-corrected chi connectivity index (χ0v) is 12.1. The Bertz CT molecular complexity index is 631. The third-order valence-electron chi connectivity index (χ3n) is 3.47. The second-order valence-corrected chi connectivity index (χ2v) is 5.24. The van der Waals surface area contributed by atoms with Crippen LogP contribution in [0.15, 0.2) is 24.4 Å². The molecule has 0 saturated carbocycles. The van der Waals surface area contributed by atoms with Crippen molar-refractivity contribution >= 4 is 17.5 Å². The van der Waals surface area contributed by atoms with Crippen molar-refractivity contribution in [1.82, 2.24) is 9.97 Å². The highest BCUT2D eigenvalue weighted by Gasteiger charge is 2.12. The van der Waals surface area contributed by atoms with E-state index in [2.05, 4.69) is 27.4 Å². The molecule has 2 aromatic rings. The molecule has 1 aromatic heterocycles. The van der Waals surface area contributed by atoms with E-state index < -0.39 is 0 Å². The van der Waals surface area contributed by atoms with Gasteiger partial charge in [-0.15, -0.1) is 0 Å². The van der Waals surface area contributed by atoms with Crippen LogP contribution in [0.25, 0.3) is 0 Å². The van der Waals surface area contributed by atoms with Crippen molar-refractivity contribution in [3.63, 3.8) is 0 Å². The van der Waals surface area contributed by atoms with Crippen molar-refractivity contribution in [2.75, 3.05) is 12.4 Å². The molecule has 0 amide bonds. The fourth-order valence-electron chi connectivity index (χ4n) is 2.43. The minimum Gasteiger partial charge on any atom is -0.437 e. The summed E-state index contributed by atoms with van der Waals surface area (Å²) in [4.78, 5) is 8.26. The van der Waals surface area contributed by atoms with Crippen LogP contribution in [0.5, 0.6) is 11.6 Å². The molecular weight excluding hydrogens is 274 g/mol. The molecule has 104 valence electrons. The van der Waals surface area contributed by atoms with Gasteiger partial charge in [-0.05, 0) is 48.9 Å². The highest BCUT2D eigenvalue weighted by molar-refractivity contribution is 6.31. The number of fused-ring (bicyclic) bond motifs is 1. The normalized spacial score (nSPS) is 13.7. The summed E-state index contributed by atoms with van der Waals surface area (Å²) >= 11 is 6.07. The number of hydrogen-bond acceptors (Lipinski definition) is 4. The summed E-state index contributed by atoms with van der Waals surface area (Å²) in [5.74, 6) is 1.64. The van der Waals surface area contributed by atoms with E-state index in [-0.39, 0.29) is 0 Å². The van der Waals surface area contributed by atoms with E-state index in [1.165, 1.54) is 30.2 Å². The number of aromatic nitrogens is 2. The zero-order valence-electron chi connectivity index (χ0n) is 11.3. The Balaban J connectivity index is 1.87. The predicted octanol–water partition coefficient (Wildman–Crippen LogP) is 3.84. The Morgan fingerprint density at radius 3 is 2.80 bits per heavy atom. The summed E-state index contributed by atoms with van der Waals surface area (Å²) < 4.78 is 5.79. The topological polar surface area (TPSA) is 47.0 Å². The predicted molar refractivity (Wildman–Crippen MR) is 79.7 cm³/mol. The maximum Gasteiger partial charge on any atom is 0.243 e. The van der Waals surface area contributed by atoms with Crippen molar-refractivity contribution < 1.29 is 4.74 Å². The molecule has 1 heterocycles. The highest BCUT2D eigenvalue weighted by atomic mass is 35.5. The molecular formula is C15H16ClN3O. The smallest absolute Gasteiger partial charge is 0.243 e. The van der Waals surface area contributed by atoms with Crippen molar-refractivity contribution in [3.8, 4) is 11.6 Å².